The zero-order valence-electron chi connectivity index (χ0n) is 14.7. The van der Waals surface area contributed by atoms with Gasteiger partial charge < -0.3 is 10.0 Å². The third-order valence-corrected chi connectivity index (χ3v) is 6.18. The van der Waals surface area contributed by atoms with Crippen molar-refractivity contribution in [3.8, 4) is 0 Å². The van der Waals surface area contributed by atoms with Gasteiger partial charge in [-0.1, -0.05) is 59.7 Å². The summed E-state index contributed by atoms with van der Waals surface area (Å²) in [7, 11) is 0. The minimum absolute atomic E-state index is 0.269. The van der Waals surface area contributed by atoms with Crippen molar-refractivity contribution in [1.29, 1.82) is 0 Å². The van der Waals surface area contributed by atoms with Crippen LogP contribution in [0, 0.1) is 25.7 Å². The SMILES string of the molecule is Cc1ccc(C(O)(c2ccc(C)cc2)C2CN3CCC2CC3)cc1. The van der Waals surface area contributed by atoms with Gasteiger partial charge >= 0.3 is 0 Å². The molecule has 1 N–H and O–H groups in total. The van der Waals surface area contributed by atoms with E-state index in [4.69, 9.17) is 0 Å². The Kier molecular flexibility index (Phi) is 3.98. The zero-order valence-corrected chi connectivity index (χ0v) is 14.7. The summed E-state index contributed by atoms with van der Waals surface area (Å²) in [5, 5.41) is 12.1. The van der Waals surface area contributed by atoms with Crippen molar-refractivity contribution >= 4 is 0 Å². The quantitative estimate of drug-likeness (QED) is 0.927. The van der Waals surface area contributed by atoms with Gasteiger partial charge in [0.25, 0.3) is 0 Å². The van der Waals surface area contributed by atoms with E-state index < -0.39 is 5.60 Å². The molecule has 1 unspecified atom stereocenters. The summed E-state index contributed by atoms with van der Waals surface area (Å²) >= 11 is 0. The number of rotatable bonds is 3. The van der Waals surface area contributed by atoms with Crippen LogP contribution in [0.3, 0.4) is 0 Å². The Hall–Kier alpha value is -1.64. The average Bonchev–Trinajstić information content (AvgIpc) is 2.63. The number of nitrogens with zero attached hydrogens (tertiary/aromatic N) is 1. The Morgan fingerprint density at radius 3 is 1.67 bits per heavy atom. The number of fused-ring (bicyclic) bond motifs is 3. The van der Waals surface area contributed by atoms with E-state index in [1.54, 1.807) is 0 Å². The van der Waals surface area contributed by atoms with E-state index in [9.17, 15) is 5.11 Å². The summed E-state index contributed by atoms with van der Waals surface area (Å²) in [6, 6.07) is 17.0. The summed E-state index contributed by atoms with van der Waals surface area (Å²) in [4.78, 5) is 2.53. The molecule has 3 saturated heterocycles. The highest BCUT2D eigenvalue weighted by Crippen LogP contribution is 2.47. The van der Waals surface area contributed by atoms with E-state index in [0.29, 0.717) is 5.92 Å². The molecule has 2 heteroatoms. The molecule has 126 valence electrons. The van der Waals surface area contributed by atoms with Gasteiger partial charge in [0.1, 0.15) is 5.60 Å². The van der Waals surface area contributed by atoms with Gasteiger partial charge in [-0.25, -0.2) is 0 Å². The lowest BCUT2D eigenvalue weighted by Gasteiger charge is -2.51. The Labute approximate surface area is 145 Å². The summed E-state index contributed by atoms with van der Waals surface area (Å²) in [5.74, 6) is 0.882. The lowest BCUT2D eigenvalue weighted by atomic mass is 9.65. The molecule has 0 saturated carbocycles. The molecule has 0 aliphatic carbocycles. The third-order valence-electron chi connectivity index (χ3n) is 6.18. The van der Waals surface area contributed by atoms with Crippen molar-refractivity contribution in [2.24, 2.45) is 11.8 Å². The summed E-state index contributed by atoms with van der Waals surface area (Å²) in [6.07, 6.45) is 2.43. The van der Waals surface area contributed by atoms with Crippen LogP contribution in [0.1, 0.15) is 35.1 Å². The van der Waals surface area contributed by atoms with Crippen LogP contribution in [-0.2, 0) is 5.60 Å². The molecular weight excluding hydrogens is 294 g/mol. The van der Waals surface area contributed by atoms with E-state index >= 15 is 0 Å². The van der Waals surface area contributed by atoms with E-state index in [-0.39, 0.29) is 5.92 Å². The van der Waals surface area contributed by atoms with Gasteiger partial charge in [0, 0.05) is 12.5 Å². The molecule has 2 bridgehead atoms. The maximum Gasteiger partial charge on any atom is 0.119 e. The van der Waals surface area contributed by atoms with Gasteiger partial charge in [0.2, 0.25) is 0 Å². The van der Waals surface area contributed by atoms with Crippen LogP contribution in [-0.4, -0.2) is 29.6 Å². The van der Waals surface area contributed by atoms with Gasteiger partial charge in [0.15, 0.2) is 0 Å². The molecule has 3 aliphatic heterocycles. The van der Waals surface area contributed by atoms with Crippen LogP contribution in [0.25, 0.3) is 0 Å². The molecule has 0 radical (unpaired) electrons. The zero-order chi connectivity index (χ0) is 16.7. The fourth-order valence-corrected chi connectivity index (χ4v) is 4.65. The highest BCUT2D eigenvalue weighted by molar-refractivity contribution is 5.40. The molecule has 3 heterocycles. The highest BCUT2D eigenvalue weighted by Gasteiger charge is 2.48. The normalized spacial score (nSPS) is 26.5. The number of benzene rings is 2. The molecule has 5 rings (SSSR count). The summed E-state index contributed by atoms with van der Waals surface area (Å²) in [6.45, 7) is 7.59. The highest BCUT2D eigenvalue weighted by atomic mass is 16.3. The van der Waals surface area contributed by atoms with E-state index in [2.05, 4.69) is 67.3 Å². The maximum absolute atomic E-state index is 12.1. The van der Waals surface area contributed by atoms with Gasteiger partial charge in [-0.3, -0.25) is 0 Å². The molecule has 0 aromatic heterocycles. The topological polar surface area (TPSA) is 23.5 Å². The molecule has 2 aromatic rings. The summed E-state index contributed by atoms with van der Waals surface area (Å²) in [5.41, 5.74) is 3.65. The molecule has 0 spiro atoms. The monoisotopic (exact) mass is 321 g/mol. The Morgan fingerprint density at radius 2 is 1.29 bits per heavy atom. The van der Waals surface area contributed by atoms with Gasteiger partial charge in [-0.2, -0.15) is 0 Å². The first-order valence-electron chi connectivity index (χ1n) is 9.16. The number of hydrogen-bond donors (Lipinski definition) is 1. The smallest absolute Gasteiger partial charge is 0.119 e. The fourth-order valence-electron chi connectivity index (χ4n) is 4.65. The molecule has 2 nitrogen and oxygen atoms in total. The van der Waals surface area contributed by atoms with E-state index in [0.717, 1.165) is 17.7 Å². The minimum atomic E-state index is -0.898. The van der Waals surface area contributed by atoms with Gasteiger partial charge in [0.05, 0.1) is 0 Å². The second-order valence-electron chi connectivity index (χ2n) is 7.74. The predicted octanol–water partition coefficient (Wildman–Crippen LogP) is 3.88. The first kappa shape index (κ1) is 15.9. The van der Waals surface area contributed by atoms with Gasteiger partial charge in [-0.05, 0) is 56.8 Å². The second-order valence-corrected chi connectivity index (χ2v) is 7.74. The maximum atomic E-state index is 12.1. The lowest BCUT2D eigenvalue weighted by molar-refractivity contribution is -0.0764. The van der Waals surface area contributed by atoms with Crippen LogP contribution in [0.4, 0.5) is 0 Å². The van der Waals surface area contributed by atoms with E-state index in [1.807, 2.05) is 0 Å². The first-order valence-corrected chi connectivity index (χ1v) is 9.16. The van der Waals surface area contributed by atoms with Crippen molar-refractivity contribution in [3.63, 3.8) is 0 Å². The Morgan fingerprint density at radius 1 is 0.833 bits per heavy atom. The lowest BCUT2D eigenvalue weighted by Crippen LogP contribution is -2.55. The second kappa shape index (κ2) is 6.02. The van der Waals surface area contributed by atoms with Gasteiger partial charge in [-0.15, -0.1) is 0 Å². The van der Waals surface area contributed by atoms with Crippen molar-refractivity contribution < 1.29 is 5.11 Å². The molecular formula is C22H27NO. The van der Waals surface area contributed by atoms with Crippen LogP contribution >= 0.6 is 0 Å². The van der Waals surface area contributed by atoms with Crippen molar-refractivity contribution in [2.75, 3.05) is 19.6 Å². The molecule has 3 aliphatic rings. The number of piperidine rings is 3. The Balaban J connectivity index is 1.82. The molecule has 1 atom stereocenters. The fraction of sp³-hybridized carbons (Fsp3) is 0.455. The first-order chi connectivity index (χ1) is 11.6. The van der Waals surface area contributed by atoms with Crippen molar-refractivity contribution in [1.82, 2.24) is 4.90 Å². The van der Waals surface area contributed by atoms with Crippen molar-refractivity contribution in [2.45, 2.75) is 32.3 Å². The third kappa shape index (κ3) is 2.58. The molecule has 3 fully saturated rings. The molecule has 2 aromatic carbocycles. The summed E-state index contributed by atoms with van der Waals surface area (Å²) < 4.78 is 0. The van der Waals surface area contributed by atoms with Crippen LogP contribution < -0.4 is 0 Å². The standard InChI is InChI=1S/C22H27NO/c1-16-3-7-19(8-4-16)22(24,20-9-5-17(2)6-10-20)21-15-23-13-11-18(21)12-14-23/h3-10,18,21,24H,11-15H2,1-2H3. The van der Waals surface area contributed by atoms with Crippen LogP contribution in [0.2, 0.25) is 0 Å². The Bertz CT molecular complexity index is 650. The largest absolute Gasteiger partial charge is 0.380 e. The van der Waals surface area contributed by atoms with Crippen molar-refractivity contribution in [3.05, 3.63) is 70.8 Å². The van der Waals surface area contributed by atoms with E-state index in [1.165, 1.54) is 37.1 Å². The van der Waals surface area contributed by atoms with Crippen LogP contribution in [0.15, 0.2) is 48.5 Å². The minimum Gasteiger partial charge on any atom is -0.380 e. The number of aryl methyl sites for hydroxylation is 2. The van der Waals surface area contributed by atoms with Crippen LogP contribution in [0.5, 0.6) is 0 Å². The number of aliphatic hydroxyl groups is 1. The number of hydrogen-bond acceptors (Lipinski definition) is 2. The molecule has 0 amide bonds. The average molecular weight is 321 g/mol. The molecule has 24 heavy (non-hydrogen) atoms. The predicted molar refractivity (Wildman–Crippen MR) is 98.0 cm³/mol.